The summed E-state index contributed by atoms with van der Waals surface area (Å²) in [4.78, 5) is 0. The van der Waals surface area contributed by atoms with Crippen molar-refractivity contribution in [1.82, 2.24) is 0 Å². The van der Waals surface area contributed by atoms with Crippen molar-refractivity contribution in [2.24, 2.45) is 0 Å². The zero-order valence-corrected chi connectivity index (χ0v) is 9.99. The Bertz CT molecular complexity index is 339. The van der Waals surface area contributed by atoms with Crippen LogP contribution in [-0.4, -0.2) is 21.3 Å². The summed E-state index contributed by atoms with van der Waals surface area (Å²) in [5.74, 6) is 0.767. The van der Waals surface area contributed by atoms with Crippen molar-refractivity contribution in [1.29, 1.82) is 0 Å². The fourth-order valence-corrected chi connectivity index (χ4v) is 2.22. The molecule has 0 aliphatic carbocycles. The standard InChI is InChI=1S/C10H15O4P/c1-12-10-6-4-9(5-7-10)8-15(11,13-2)14-3/h4-7H,8H2,1-3H3. The largest absolute Gasteiger partial charge is 0.497 e. The van der Waals surface area contributed by atoms with Crippen LogP contribution in [0.3, 0.4) is 0 Å². The molecule has 0 fully saturated rings. The molecule has 0 aliphatic rings. The van der Waals surface area contributed by atoms with Crippen LogP contribution in [-0.2, 0) is 19.8 Å². The Morgan fingerprint density at radius 1 is 1.07 bits per heavy atom. The highest BCUT2D eigenvalue weighted by molar-refractivity contribution is 7.52. The molecule has 0 saturated carbocycles. The van der Waals surface area contributed by atoms with Crippen molar-refractivity contribution < 1.29 is 18.3 Å². The minimum atomic E-state index is -2.97. The smallest absolute Gasteiger partial charge is 0.334 e. The average Bonchev–Trinajstić information content (AvgIpc) is 2.30. The van der Waals surface area contributed by atoms with E-state index in [1.54, 1.807) is 7.11 Å². The quantitative estimate of drug-likeness (QED) is 0.729. The lowest BCUT2D eigenvalue weighted by Crippen LogP contribution is -1.93. The van der Waals surface area contributed by atoms with Crippen LogP contribution in [0.4, 0.5) is 0 Å². The van der Waals surface area contributed by atoms with Crippen LogP contribution in [0.15, 0.2) is 24.3 Å². The van der Waals surface area contributed by atoms with Crippen LogP contribution in [0.1, 0.15) is 5.56 Å². The van der Waals surface area contributed by atoms with E-state index in [0.717, 1.165) is 11.3 Å². The Hall–Kier alpha value is -0.830. The predicted molar refractivity (Wildman–Crippen MR) is 58.3 cm³/mol. The number of ether oxygens (including phenoxy) is 1. The third-order valence-electron chi connectivity index (χ3n) is 2.09. The Morgan fingerprint density at radius 3 is 2.00 bits per heavy atom. The highest BCUT2D eigenvalue weighted by atomic mass is 31.2. The molecule has 0 N–H and O–H groups in total. The molecule has 4 nitrogen and oxygen atoms in total. The third kappa shape index (κ3) is 3.34. The molecule has 0 unspecified atom stereocenters. The summed E-state index contributed by atoms with van der Waals surface area (Å²) in [7, 11) is 1.40. The molecule has 5 heteroatoms. The van der Waals surface area contributed by atoms with Gasteiger partial charge >= 0.3 is 7.60 Å². The molecule has 0 bridgehead atoms. The van der Waals surface area contributed by atoms with Crippen LogP contribution in [0.2, 0.25) is 0 Å². The van der Waals surface area contributed by atoms with Crippen molar-refractivity contribution in [2.45, 2.75) is 6.16 Å². The number of hydrogen-bond acceptors (Lipinski definition) is 4. The van der Waals surface area contributed by atoms with Crippen molar-refractivity contribution in [3.63, 3.8) is 0 Å². The van der Waals surface area contributed by atoms with Gasteiger partial charge in [-0.25, -0.2) is 0 Å². The van der Waals surface area contributed by atoms with Gasteiger partial charge in [-0.2, -0.15) is 0 Å². The van der Waals surface area contributed by atoms with Gasteiger partial charge in [0.1, 0.15) is 5.75 Å². The Kier molecular flexibility index (Phi) is 4.33. The Balaban J connectivity index is 2.76. The summed E-state index contributed by atoms with van der Waals surface area (Å²) < 4.78 is 26.5. The first-order chi connectivity index (χ1) is 7.13. The van der Waals surface area contributed by atoms with E-state index in [2.05, 4.69) is 0 Å². The van der Waals surface area contributed by atoms with Gasteiger partial charge in [0.2, 0.25) is 0 Å². The van der Waals surface area contributed by atoms with Crippen molar-refractivity contribution in [2.75, 3.05) is 21.3 Å². The fourth-order valence-electron chi connectivity index (χ4n) is 1.16. The number of rotatable bonds is 5. The summed E-state index contributed by atoms with van der Waals surface area (Å²) in [5.41, 5.74) is 0.892. The molecule has 1 aromatic carbocycles. The molecule has 0 radical (unpaired) electrons. The lowest BCUT2D eigenvalue weighted by molar-refractivity contribution is 0.275. The summed E-state index contributed by atoms with van der Waals surface area (Å²) in [6, 6.07) is 7.29. The topological polar surface area (TPSA) is 44.8 Å². The first-order valence-corrected chi connectivity index (χ1v) is 6.20. The van der Waals surface area contributed by atoms with Gasteiger partial charge in [0.15, 0.2) is 0 Å². The molecule has 84 valence electrons. The average molecular weight is 230 g/mol. The molecule has 0 heterocycles. The zero-order chi connectivity index (χ0) is 11.3. The number of methoxy groups -OCH3 is 1. The maximum absolute atomic E-state index is 11.8. The van der Waals surface area contributed by atoms with Gasteiger partial charge in [0.05, 0.1) is 13.3 Å². The van der Waals surface area contributed by atoms with E-state index in [9.17, 15) is 4.57 Å². The summed E-state index contributed by atoms with van der Waals surface area (Å²) in [6.07, 6.45) is 0.268. The Morgan fingerprint density at radius 2 is 1.60 bits per heavy atom. The highest BCUT2D eigenvalue weighted by Gasteiger charge is 2.21. The SMILES string of the molecule is COc1ccc(CP(=O)(OC)OC)cc1. The van der Waals surface area contributed by atoms with Crippen LogP contribution < -0.4 is 4.74 Å². The summed E-state index contributed by atoms with van der Waals surface area (Å²) in [5, 5.41) is 0. The van der Waals surface area contributed by atoms with Crippen LogP contribution in [0.25, 0.3) is 0 Å². The van der Waals surface area contributed by atoms with Gasteiger partial charge < -0.3 is 13.8 Å². The van der Waals surface area contributed by atoms with E-state index < -0.39 is 7.60 Å². The lowest BCUT2D eigenvalue weighted by atomic mass is 10.2. The second-order valence-electron chi connectivity index (χ2n) is 2.98. The third-order valence-corrected chi connectivity index (χ3v) is 3.96. The molecular weight excluding hydrogens is 215 g/mol. The second kappa shape index (κ2) is 5.31. The summed E-state index contributed by atoms with van der Waals surface area (Å²) >= 11 is 0. The van der Waals surface area contributed by atoms with Crippen LogP contribution >= 0.6 is 7.60 Å². The second-order valence-corrected chi connectivity index (χ2v) is 5.25. The van der Waals surface area contributed by atoms with Crippen LogP contribution in [0, 0.1) is 0 Å². The van der Waals surface area contributed by atoms with Crippen molar-refractivity contribution in [3.05, 3.63) is 29.8 Å². The fraction of sp³-hybridized carbons (Fsp3) is 0.400. The zero-order valence-electron chi connectivity index (χ0n) is 9.10. The van der Waals surface area contributed by atoms with Gasteiger partial charge in [-0.05, 0) is 17.7 Å². The molecular formula is C10H15O4P. The summed E-state index contributed by atoms with van der Waals surface area (Å²) in [6.45, 7) is 0. The molecule has 0 spiro atoms. The first-order valence-electron chi connectivity index (χ1n) is 4.47. The normalized spacial score (nSPS) is 11.4. The van der Waals surface area contributed by atoms with Gasteiger partial charge in [-0.3, -0.25) is 4.57 Å². The van der Waals surface area contributed by atoms with E-state index >= 15 is 0 Å². The van der Waals surface area contributed by atoms with Crippen molar-refractivity contribution >= 4 is 7.60 Å². The molecule has 0 aromatic heterocycles. The van der Waals surface area contributed by atoms with E-state index in [4.69, 9.17) is 13.8 Å². The maximum Gasteiger partial charge on any atom is 0.334 e. The number of hydrogen-bond donors (Lipinski definition) is 0. The van der Waals surface area contributed by atoms with Gasteiger partial charge in [-0.15, -0.1) is 0 Å². The first kappa shape index (κ1) is 12.2. The minimum Gasteiger partial charge on any atom is -0.497 e. The molecule has 0 saturated heterocycles. The van der Waals surface area contributed by atoms with E-state index in [-0.39, 0.29) is 6.16 Å². The highest BCUT2D eigenvalue weighted by Crippen LogP contribution is 2.49. The number of benzene rings is 1. The molecule has 1 aromatic rings. The molecule has 0 aliphatic heterocycles. The van der Waals surface area contributed by atoms with E-state index in [1.165, 1.54) is 14.2 Å². The molecule has 1 rings (SSSR count). The predicted octanol–water partition coefficient (Wildman–Crippen LogP) is 2.68. The maximum atomic E-state index is 11.8. The molecule has 0 amide bonds. The van der Waals surface area contributed by atoms with Gasteiger partial charge in [0.25, 0.3) is 0 Å². The minimum absolute atomic E-state index is 0.268. The van der Waals surface area contributed by atoms with Gasteiger partial charge in [-0.1, -0.05) is 12.1 Å². The van der Waals surface area contributed by atoms with E-state index in [0.29, 0.717) is 0 Å². The Labute approximate surface area is 89.7 Å². The van der Waals surface area contributed by atoms with Crippen LogP contribution in [0.5, 0.6) is 5.75 Å². The lowest BCUT2D eigenvalue weighted by Gasteiger charge is -2.13. The monoisotopic (exact) mass is 230 g/mol. The molecule has 0 atom stereocenters. The van der Waals surface area contributed by atoms with Crippen molar-refractivity contribution in [3.8, 4) is 5.75 Å². The van der Waals surface area contributed by atoms with E-state index in [1.807, 2.05) is 24.3 Å². The molecule has 15 heavy (non-hydrogen) atoms. The van der Waals surface area contributed by atoms with Gasteiger partial charge in [0, 0.05) is 14.2 Å².